The molecular weight excluding hydrogens is 640 g/mol. The molecule has 224 valence electrons. The van der Waals surface area contributed by atoms with Crippen LogP contribution in [-0.4, -0.2) is 44.8 Å². The molecule has 0 aliphatic rings. The molecule has 0 saturated heterocycles. The van der Waals surface area contributed by atoms with Crippen LogP contribution in [0.1, 0.15) is 15.9 Å². The maximum absolute atomic E-state index is 14.9. The van der Waals surface area contributed by atoms with Crippen molar-refractivity contribution in [1.29, 1.82) is 0 Å². The van der Waals surface area contributed by atoms with Crippen molar-refractivity contribution in [2.24, 2.45) is 0 Å². The lowest BCUT2D eigenvalue weighted by Crippen LogP contribution is -2.16. The number of nitrogens with zero attached hydrogens (tertiary/aromatic N) is 3. The van der Waals surface area contributed by atoms with Gasteiger partial charge in [0.1, 0.15) is 27.8 Å². The molecule has 5 aromatic rings. The highest BCUT2D eigenvalue weighted by atomic mass is 35.5. The van der Waals surface area contributed by atoms with Gasteiger partial charge in [0.2, 0.25) is 0 Å². The van der Waals surface area contributed by atoms with Gasteiger partial charge in [-0.1, -0.05) is 34.8 Å². The maximum Gasteiger partial charge on any atom is 0.338 e. The van der Waals surface area contributed by atoms with Crippen molar-refractivity contribution in [2.75, 3.05) is 14.2 Å². The summed E-state index contributed by atoms with van der Waals surface area (Å²) in [6, 6.07) is 10.1. The van der Waals surface area contributed by atoms with E-state index < -0.39 is 35.7 Å². The third kappa shape index (κ3) is 6.79. The van der Waals surface area contributed by atoms with Gasteiger partial charge in [0.15, 0.2) is 34.6 Å². The Morgan fingerprint density at radius 1 is 0.907 bits per heavy atom. The van der Waals surface area contributed by atoms with Gasteiger partial charge >= 0.3 is 11.7 Å². The van der Waals surface area contributed by atoms with E-state index in [1.165, 1.54) is 50.6 Å². The second-order valence-electron chi connectivity index (χ2n) is 8.33. The summed E-state index contributed by atoms with van der Waals surface area (Å²) in [6.45, 7) is -0.457. The standard InChI is InChI=1S/C21H15ClF3N3O4.C6H3Cl2NO2/c1-30-15-5-3-11(23)19(25)10(15)9-32-17-8-14(12(24)7-16(17)31-2)28-20-13(26-21(28)29)4-6-18(22)27-20;7-4-2-1-3(6(10)11)5(8)9-4/h3-8H,9H2,1-2H3,(H,26,29);1-2H,(H,10,11). The Morgan fingerprint density at radius 2 is 1.58 bits per heavy atom. The molecule has 0 aliphatic carbocycles. The van der Waals surface area contributed by atoms with Gasteiger partial charge < -0.3 is 24.3 Å². The number of nitrogens with one attached hydrogen (secondary N) is 1. The number of carboxylic acid groups (broad SMARTS) is 1. The van der Waals surface area contributed by atoms with E-state index in [0.29, 0.717) is 5.52 Å². The summed E-state index contributed by atoms with van der Waals surface area (Å²) >= 11 is 16.8. The van der Waals surface area contributed by atoms with Crippen molar-refractivity contribution in [2.45, 2.75) is 6.61 Å². The van der Waals surface area contributed by atoms with Crippen molar-refractivity contribution in [3.63, 3.8) is 0 Å². The molecule has 0 aliphatic heterocycles. The fourth-order valence-electron chi connectivity index (χ4n) is 3.77. The number of halogens is 6. The number of carbonyl (C=O) groups is 1. The number of methoxy groups -OCH3 is 2. The molecule has 0 atom stereocenters. The number of aromatic amines is 1. The third-order valence-electron chi connectivity index (χ3n) is 5.76. The molecule has 3 aromatic heterocycles. The van der Waals surface area contributed by atoms with Crippen LogP contribution in [0.25, 0.3) is 16.9 Å². The fourth-order valence-corrected chi connectivity index (χ4v) is 4.34. The van der Waals surface area contributed by atoms with Gasteiger partial charge in [-0.05, 0) is 36.4 Å². The zero-order valence-corrected chi connectivity index (χ0v) is 24.2. The van der Waals surface area contributed by atoms with E-state index in [0.717, 1.165) is 16.7 Å². The van der Waals surface area contributed by atoms with Gasteiger partial charge in [0, 0.05) is 12.1 Å². The van der Waals surface area contributed by atoms with Crippen molar-refractivity contribution in [3.8, 4) is 22.9 Å². The molecule has 3 heterocycles. The molecule has 0 amide bonds. The molecular formula is C27H18Cl3F3N4O6. The van der Waals surface area contributed by atoms with E-state index in [-0.39, 0.29) is 55.2 Å². The maximum atomic E-state index is 14.9. The number of ether oxygens (including phenoxy) is 3. The lowest BCUT2D eigenvalue weighted by Gasteiger charge is -2.15. The van der Waals surface area contributed by atoms with Crippen LogP contribution in [0.4, 0.5) is 13.2 Å². The number of rotatable bonds is 7. The van der Waals surface area contributed by atoms with E-state index in [1.54, 1.807) is 0 Å². The zero-order valence-electron chi connectivity index (χ0n) is 21.9. The lowest BCUT2D eigenvalue weighted by atomic mass is 10.2. The largest absolute Gasteiger partial charge is 0.496 e. The predicted octanol–water partition coefficient (Wildman–Crippen LogP) is 6.47. The molecule has 0 fully saturated rings. The average molecular weight is 658 g/mol. The quantitative estimate of drug-likeness (QED) is 0.191. The SMILES string of the molecule is COc1cc(F)c(-n2c(=O)[nH]c3ccc(Cl)nc32)cc1OCc1c(OC)ccc(F)c1F.O=C(O)c1ccc(Cl)nc1Cl. The Kier molecular flexibility index (Phi) is 9.69. The number of aromatic carboxylic acids is 1. The van der Waals surface area contributed by atoms with Crippen LogP contribution in [0.5, 0.6) is 17.2 Å². The van der Waals surface area contributed by atoms with Crippen molar-refractivity contribution >= 4 is 51.9 Å². The Balaban J connectivity index is 0.000000324. The predicted molar refractivity (Wildman–Crippen MR) is 152 cm³/mol. The topological polar surface area (TPSA) is 129 Å². The van der Waals surface area contributed by atoms with Crippen LogP contribution >= 0.6 is 34.8 Å². The molecule has 0 bridgehead atoms. The Hall–Kier alpha value is -4.46. The minimum absolute atomic E-state index is 0.0269. The molecule has 5 rings (SSSR count). The summed E-state index contributed by atoms with van der Waals surface area (Å²) < 4.78 is 59.6. The number of pyridine rings is 2. The first-order valence-electron chi connectivity index (χ1n) is 11.8. The molecule has 10 nitrogen and oxygen atoms in total. The average Bonchev–Trinajstić information content (AvgIpc) is 3.28. The minimum atomic E-state index is -1.14. The summed E-state index contributed by atoms with van der Waals surface area (Å²) in [5.41, 5.74) is -0.672. The highest BCUT2D eigenvalue weighted by Crippen LogP contribution is 2.34. The van der Waals surface area contributed by atoms with Gasteiger partial charge in [-0.3, -0.25) is 0 Å². The smallest absolute Gasteiger partial charge is 0.338 e. The van der Waals surface area contributed by atoms with Crippen molar-refractivity contribution < 1.29 is 37.3 Å². The first-order chi connectivity index (χ1) is 20.4. The summed E-state index contributed by atoms with van der Waals surface area (Å²) in [7, 11) is 2.58. The molecule has 0 spiro atoms. The number of H-pyrrole nitrogens is 1. The summed E-state index contributed by atoms with van der Waals surface area (Å²) in [4.78, 5) is 33.0. The molecule has 2 N–H and O–H groups in total. The summed E-state index contributed by atoms with van der Waals surface area (Å²) in [5, 5.41) is 8.68. The number of fused-ring (bicyclic) bond motifs is 1. The van der Waals surface area contributed by atoms with Crippen molar-refractivity contribution in [3.05, 3.63) is 103 Å². The highest BCUT2D eigenvalue weighted by molar-refractivity contribution is 6.34. The van der Waals surface area contributed by atoms with E-state index >= 15 is 0 Å². The number of benzene rings is 2. The zero-order chi connectivity index (χ0) is 31.4. The molecule has 2 aromatic carbocycles. The molecule has 16 heteroatoms. The second-order valence-corrected chi connectivity index (χ2v) is 9.47. The van der Waals surface area contributed by atoms with Gasteiger partial charge in [0.25, 0.3) is 0 Å². The summed E-state index contributed by atoms with van der Waals surface area (Å²) in [5.74, 6) is -4.13. The monoisotopic (exact) mass is 656 g/mol. The Labute approximate surface area is 255 Å². The minimum Gasteiger partial charge on any atom is -0.496 e. The van der Waals surface area contributed by atoms with Gasteiger partial charge in [-0.15, -0.1) is 0 Å². The van der Waals surface area contributed by atoms with Crippen LogP contribution < -0.4 is 19.9 Å². The van der Waals surface area contributed by atoms with Crippen LogP contribution in [0.2, 0.25) is 15.5 Å². The van der Waals surface area contributed by atoms with E-state index in [4.69, 9.17) is 54.1 Å². The first-order valence-corrected chi connectivity index (χ1v) is 12.9. The number of aromatic nitrogens is 4. The highest BCUT2D eigenvalue weighted by Gasteiger charge is 2.20. The van der Waals surface area contributed by atoms with Crippen LogP contribution in [0.3, 0.4) is 0 Å². The van der Waals surface area contributed by atoms with Gasteiger partial charge in [0.05, 0.1) is 36.6 Å². The van der Waals surface area contributed by atoms with Gasteiger partial charge in [-0.2, -0.15) is 0 Å². The molecule has 0 radical (unpaired) electrons. The number of imidazole rings is 1. The second kappa shape index (κ2) is 13.2. The third-order valence-corrected chi connectivity index (χ3v) is 6.47. The van der Waals surface area contributed by atoms with E-state index in [9.17, 15) is 22.8 Å². The van der Waals surface area contributed by atoms with Gasteiger partial charge in [-0.25, -0.2) is 37.3 Å². The van der Waals surface area contributed by atoms with Crippen LogP contribution in [-0.2, 0) is 6.61 Å². The fraction of sp³-hybridized carbons (Fsp3) is 0.111. The summed E-state index contributed by atoms with van der Waals surface area (Å²) in [6.07, 6.45) is 0. The number of hydrogen-bond acceptors (Lipinski definition) is 7. The van der Waals surface area contributed by atoms with E-state index in [1.807, 2.05) is 0 Å². The molecule has 43 heavy (non-hydrogen) atoms. The van der Waals surface area contributed by atoms with Crippen LogP contribution in [0, 0.1) is 17.5 Å². The number of carboxylic acids is 1. The first kappa shape index (κ1) is 31.5. The van der Waals surface area contributed by atoms with E-state index in [2.05, 4.69) is 15.0 Å². The molecule has 0 unspecified atom stereocenters. The van der Waals surface area contributed by atoms with Crippen molar-refractivity contribution in [1.82, 2.24) is 19.5 Å². The number of hydrogen-bond donors (Lipinski definition) is 2. The molecule has 0 saturated carbocycles. The Morgan fingerprint density at radius 3 is 2.23 bits per heavy atom. The Bertz CT molecular complexity index is 1900. The van der Waals surface area contributed by atoms with Crippen LogP contribution in [0.15, 0.2) is 53.3 Å². The normalized spacial score (nSPS) is 10.7. The lowest BCUT2D eigenvalue weighted by molar-refractivity contribution is 0.0696.